The standard InChI is InChI=1S/C4H4Cl6FO3P/c5-3(6,7)1-13-15(11,12)14-2-4(8,9)10/h1-2H2. The van der Waals surface area contributed by atoms with Gasteiger partial charge in [-0.3, -0.25) is 9.05 Å². The van der Waals surface area contributed by atoms with Crippen LogP contribution in [0, 0.1) is 0 Å². The van der Waals surface area contributed by atoms with E-state index in [-0.39, 0.29) is 0 Å². The van der Waals surface area contributed by atoms with Gasteiger partial charge < -0.3 is 0 Å². The quantitative estimate of drug-likeness (QED) is 0.530. The maximum absolute atomic E-state index is 12.9. The molecular formula is C4H4Cl6FO3P. The van der Waals surface area contributed by atoms with Crippen LogP contribution in [-0.4, -0.2) is 20.8 Å². The van der Waals surface area contributed by atoms with Crippen molar-refractivity contribution >= 4 is 77.5 Å². The molecule has 0 atom stereocenters. The molecule has 0 aliphatic carbocycles. The zero-order chi connectivity index (χ0) is 12.3. The average molecular weight is 363 g/mol. The first-order chi connectivity index (χ1) is 6.41. The molecule has 0 aromatic rings. The van der Waals surface area contributed by atoms with Gasteiger partial charge in [0.2, 0.25) is 7.59 Å². The monoisotopic (exact) mass is 360 g/mol. The van der Waals surface area contributed by atoms with Gasteiger partial charge in [-0.05, 0) is 0 Å². The highest BCUT2D eigenvalue weighted by atomic mass is 35.6. The Balaban J connectivity index is 4.04. The second kappa shape index (κ2) is 6.12. The van der Waals surface area contributed by atoms with Crippen LogP contribution in [0.15, 0.2) is 0 Å². The molecule has 3 nitrogen and oxygen atoms in total. The summed E-state index contributed by atoms with van der Waals surface area (Å²) < 4.78 is 28.1. The molecule has 0 saturated carbocycles. The minimum atomic E-state index is -4.89. The topological polar surface area (TPSA) is 35.5 Å². The van der Waals surface area contributed by atoms with Crippen molar-refractivity contribution in [2.24, 2.45) is 0 Å². The van der Waals surface area contributed by atoms with Crippen LogP contribution in [0.25, 0.3) is 0 Å². The average Bonchev–Trinajstić information content (AvgIpc) is 1.96. The minimum absolute atomic E-state index is 0.759. The Morgan fingerprint density at radius 3 is 1.40 bits per heavy atom. The van der Waals surface area contributed by atoms with Crippen LogP contribution in [0.1, 0.15) is 0 Å². The van der Waals surface area contributed by atoms with E-state index in [0.717, 1.165) is 0 Å². The van der Waals surface area contributed by atoms with E-state index in [1.807, 2.05) is 0 Å². The highest BCUT2D eigenvalue weighted by Gasteiger charge is 2.33. The lowest BCUT2D eigenvalue weighted by Gasteiger charge is -2.16. The maximum atomic E-state index is 12.9. The molecule has 0 aromatic heterocycles. The first kappa shape index (κ1) is 16.8. The number of hydrogen-bond acceptors (Lipinski definition) is 3. The van der Waals surface area contributed by atoms with Gasteiger partial charge in [0.25, 0.3) is 0 Å². The highest BCUT2D eigenvalue weighted by molar-refractivity contribution is 7.48. The molecular weight excluding hydrogens is 359 g/mol. The Kier molecular flexibility index (Phi) is 6.87. The van der Waals surface area contributed by atoms with Gasteiger partial charge in [0.15, 0.2) is 0 Å². The summed E-state index contributed by atoms with van der Waals surface area (Å²) in [5, 5.41) is 0. The van der Waals surface area contributed by atoms with Crippen molar-refractivity contribution in [3.63, 3.8) is 0 Å². The molecule has 0 fully saturated rings. The molecule has 0 heterocycles. The zero-order valence-corrected chi connectivity index (χ0v) is 12.2. The largest absolute Gasteiger partial charge is 0.513 e. The fraction of sp³-hybridized carbons (Fsp3) is 1.00. The van der Waals surface area contributed by atoms with Crippen molar-refractivity contribution < 1.29 is 17.8 Å². The van der Waals surface area contributed by atoms with Crippen LogP contribution in [0.5, 0.6) is 0 Å². The summed E-state index contributed by atoms with van der Waals surface area (Å²) in [6.07, 6.45) is 0. The molecule has 0 aliphatic rings. The predicted octanol–water partition coefficient (Wildman–Crippen LogP) is 4.84. The van der Waals surface area contributed by atoms with E-state index in [1.165, 1.54) is 0 Å². The van der Waals surface area contributed by atoms with Crippen LogP contribution in [0.4, 0.5) is 4.20 Å². The SMILES string of the molecule is O=P(F)(OCC(Cl)(Cl)Cl)OCC(Cl)(Cl)Cl. The van der Waals surface area contributed by atoms with E-state index < -0.39 is 28.7 Å². The van der Waals surface area contributed by atoms with Gasteiger partial charge in [0, 0.05) is 0 Å². The molecule has 0 bridgehead atoms. The van der Waals surface area contributed by atoms with Crippen molar-refractivity contribution in [1.82, 2.24) is 0 Å². The Morgan fingerprint density at radius 1 is 0.933 bits per heavy atom. The highest BCUT2D eigenvalue weighted by Crippen LogP contribution is 2.52. The van der Waals surface area contributed by atoms with E-state index in [9.17, 15) is 8.76 Å². The second-order valence-electron chi connectivity index (χ2n) is 2.21. The third-order valence-corrected chi connectivity index (χ3v) is 2.29. The zero-order valence-electron chi connectivity index (χ0n) is 6.73. The van der Waals surface area contributed by atoms with Gasteiger partial charge in [-0.25, -0.2) is 4.57 Å². The van der Waals surface area contributed by atoms with Crippen LogP contribution in [0.3, 0.4) is 0 Å². The third-order valence-electron chi connectivity index (χ3n) is 0.765. The fourth-order valence-corrected chi connectivity index (χ4v) is 1.89. The van der Waals surface area contributed by atoms with E-state index in [1.54, 1.807) is 0 Å². The van der Waals surface area contributed by atoms with Gasteiger partial charge in [0.1, 0.15) is 13.2 Å². The summed E-state index contributed by atoms with van der Waals surface area (Å²) in [6.45, 7) is -1.52. The Morgan fingerprint density at radius 2 is 1.20 bits per heavy atom. The van der Waals surface area contributed by atoms with Gasteiger partial charge in [0.05, 0.1) is 0 Å². The molecule has 15 heavy (non-hydrogen) atoms. The number of halogens is 7. The third kappa shape index (κ3) is 12.1. The van der Waals surface area contributed by atoms with Crippen molar-refractivity contribution in [1.29, 1.82) is 0 Å². The molecule has 0 unspecified atom stereocenters. The first-order valence-corrected chi connectivity index (χ1v) is 6.84. The summed E-state index contributed by atoms with van der Waals surface area (Å²) >= 11 is 31.3. The van der Waals surface area contributed by atoms with E-state index in [4.69, 9.17) is 69.6 Å². The lowest BCUT2D eigenvalue weighted by molar-refractivity contribution is 0.179. The summed E-state index contributed by atoms with van der Waals surface area (Å²) in [7, 11) is -4.89. The number of hydrogen-bond donors (Lipinski definition) is 0. The lowest BCUT2D eigenvalue weighted by Crippen LogP contribution is -2.14. The molecule has 0 amide bonds. The van der Waals surface area contributed by atoms with E-state index in [2.05, 4.69) is 9.05 Å². The van der Waals surface area contributed by atoms with Gasteiger partial charge in [-0.1, -0.05) is 69.6 Å². The van der Waals surface area contributed by atoms with Crippen LogP contribution in [-0.2, 0) is 13.6 Å². The van der Waals surface area contributed by atoms with Crippen molar-refractivity contribution in [2.75, 3.05) is 13.2 Å². The lowest BCUT2D eigenvalue weighted by atomic mass is 10.9. The molecule has 0 radical (unpaired) electrons. The molecule has 0 rings (SSSR count). The Labute approximate surface area is 116 Å². The summed E-state index contributed by atoms with van der Waals surface area (Å²) in [5.41, 5.74) is 0. The van der Waals surface area contributed by atoms with Crippen LogP contribution < -0.4 is 0 Å². The second-order valence-corrected chi connectivity index (χ2v) is 8.62. The van der Waals surface area contributed by atoms with E-state index in [0.29, 0.717) is 0 Å². The maximum Gasteiger partial charge on any atom is 0.513 e. The Bertz CT molecular complexity index is 228. The van der Waals surface area contributed by atoms with Crippen LogP contribution >= 0.6 is 77.5 Å². The van der Waals surface area contributed by atoms with Gasteiger partial charge in [-0.2, -0.15) is 0 Å². The summed E-state index contributed by atoms with van der Waals surface area (Å²) in [6, 6.07) is 0. The van der Waals surface area contributed by atoms with Crippen molar-refractivity contribution in [2.45, 2.75) is 7.59 Å². The summed E-state index contributed by atoms with van der Waals surface area (Å²) in [5.74, 6) is 0. The van der Waals surface area contributed by atoms with Gasteiger partial charge >= 0.3 is 7.91 Å². The molecule has 0 spiro atoms. The van der Waals surface area contributed by atoms with Crippen molar-refractivity contribution in [3.8, 4) is 0 Å². The molecule has 0 aliphatic heterocycles. The summed E-state index contributed by atoms with van der Waals surface area (Å²) in [4.78, 5) is 0. The van der Waals surface area contributed by atoms with Crippen LogP contribution in [0.2, 0.25) is 0 Å². The van der Waals surface area contributed by atoms with E-state index >= 15 is 0 Å². The Hall–Kier alpha value is 1.82. The molecule has 0 N–H and O–H groups in total. The number of alkyl halides is 6. The number of rotatable bonds is 4. The minimum Gasteiger partial charge on any atom is -0.279 e. The molecule has 0 aromatic carbocycles. The first-order valence-electron chi connectivity index (χ1n) is 3.14. The molecule has 0 saturated heterocycles. The fourth-order valence-electron chi connectivity index (χ4n) is 0.338. The molecule has 92 valence electrons. The molecule has 11 heteroatoms. The predicted molar refractivity (Wildman–Crippen MR) is 61.2 cm³/mol. The van der Waals surface area contributed by atoms with Crippen molar-refractivity contribution in [3.05, 3.63) is 0 Å². The normalized spacial score (nSPS) is 14.3. The van der Waals surface area contributed by atoms with Gasteiger partial charge in [-0.15, -0.1) is 4.20 Å². The smallest absolute Gasteiger partial charge is 0.279 e.